The molecule has 0 saturated carbocycles. The first-order chi connectivity index (χ1) is 14.8. The maximum absolute atomic E-state index is 12.5. The number of ether oxygens (including phenoxy) is 4. The summed E-state index contributed by atoms with van der Waals surface area (Å²) in [6.07, 6.45) is 1.39. The second kappa shape index (κ2) is 8.92. The van der Waals surface area contributed by atoms with Gasteiger partial charge in [-0.05, 0) is 13.0 Å². The Morgan fingerprint density at radius 3 is 2.52 bits per heavy atom. The van der Waals surface area contributed by atoms with Crippen LogP contribution in [0.1, 0.15) is 13.3 Å². The van der Waals surface area contributed by atoms with Crippen molar-refractivity contribution in [3.8, 4) is 23.3 Å². The van der Waals surface area contributed by atoms with Gasteiger partial charge in [0.15, 0.2) is 11.5 Å². The predicted molar refractivity (Wildman–Crippen MR) is 117 cm³/mol. The van der Waals surface area contributed by atoms with E-state index in [1.807, 2.05) is 18.2 Å². The maximum Gasteiger partial charge on any atom is 0.324 e. The molecule has 3 aromatic rings. The van der Waals surface area contributed by atoms with Crippen LogP contribution in [-0.4, -0.2) is 42.9 Å². The summed E-state index contributed by atoms with van der Waals surface area (Å²) in [5.41, 5.74) is 12.6. The third-order valence-electron chi connectivity index (χ3n) is 4.47. The average Bonchev–Trinajstić information content (AvgIpc) is 2.73. The minimum atomic E-state index is -1.22. The third-order valence-corrected chi connectivity index (χ3v) is 4.47. The zero-order valence-electron chi connectivity index (χ0n) is 17.8. The van der Waals surface area contributed by atoms with Crippen molar-refractivity contribution in [2.75, 3.05) is 32.4 Å². The number of nitrogen functional groups attached to an aromatic ring is 1. The number of rotatable bonds is 8. The van der Waals surface area contributed by atoms with E-state index in [4.69, 9.17) is 30.4 Å². The monoisotopic (exact) mass is 427 g/mol. The second-order valence-electron chi connectivity index (χ2n) is 7.01. The zero-order chi connectivity index (χ0) is 22.6. The van der Waals surface area contributed by atoms with Gasteiger partial charge in [-0.3, -0.25) is 4.79 Å². The molecule has 31 heavy (non-hydrogen) atoms. The molecule has 1 unspecified atom stereocenters. The molecule has 5 N–H and O–H groups in total. The number of nitrogens with one attached hydrogen (secondary N) is 1. The summed E-state index contributed by atoms with van der Waals surface area (Å²) in [4.78, 5) is 20.7. The molecule has 2 aromatic carbocycles. The quantitative estimate of drug-likeness (QED) is 0.278. The molecule has 0 fully saturated rings. The number of hydrogen-bond donors (Lipinski definition) is 3. The zero-order valence-corrected chi connectivity index (χ0v) is 17.8. The van der Waals surface area contributed by atoms with E-state index in [0.29, 0.717) is 22.7 Å². The number of carbonyl (C=O) groups excluding carboxylic acids is 1. The lowest BCUT2D eigenvalue weighted by molar-refractivity contribution is -0.135. The Hall–Kier alpha value is -3.79. The lowest BCUT2D eigenvalue weighted by Crippen LogP contribution is -2.47. The van der Waals surface area contributed by atoms with Gasteiger partial charge in [0.2, 0.25) is 5.75 Å². The fourth-order valence-electron chi connectivity index (χ4n) is 3.08. The van der Waals surface area contributed by atoms with E-state index in [0.717, 1.165) is 5.39 Å². The Labute approximate surface area is 179 Å². The van der Waals surface area contributed by atoms with Gasteiger partial charge in [-0.15, -0.1) is 0 Å². The van der Waals surface area contributed by atoms with Crippen LogP contribution >= 0.6 is 0 Å². The Kier molecular flexibility index (Phi) is 6.30. The number of nitrogens with zero attached hydrogens (tertiary/aromatic N) is 2. The molecule has 1 heterocycles. The molecule has 0 radical (unpaired) electrons. The highest BCUT2D eigenvalue weighted by atomic mass is 16.5. The van der Waals surface area contributed by atoms with Crippen LogP contribution < -0.4 is 35.7 Å². The van der Waals surface area contributed by atoms with E-state index in [2.05, 4.69) is 15.3 Å². The number of carbonyl (C=O) groups is 1. The van der Waals surface area contributed by atoms with Crippen LogP contribution in [0.3, 0.4) is 0 Å². The molecule has 10 heteroatoms. The molecule has 10 nitrogen and oxygen atoms in total. The topological polar surface area (TPSA) is 144 Å². The molecular formula is C21H25N5O5. The van der Waals surface area contributed by atoms with Crippen molar-refractivity contribution in [3.63, 3.8) is 0 Å². The molecule has 0 spiro atoms. The molecule has 164 valence electrons. The number of hydrogen-bond acceptors (Lipinski definition) is 10. The summed E-state index contributed by atoms with van der Waals surface area (Å²) in [6.45, 7) is 1.62. The van der Waals surface area contributed by atoms with E-state index in [9.17, 15) is 4.79 Å². The number of methoxy groups -OCH3 is 3. The van der Waals surface area contributed by atoms with E-state index in [1.165, 1.54) is 21.3 Å². The molecule has 3 rings (SSSR count). The minimum Gasteiger partial charge on any atom is -0.493 e. The molecule has 1 atom stereocenters. The molecule has 1 aromatic heterocycles. The highest BCUT2D eigenvalue weighted by Gasteiger charge is 2.27. The van der Waals surface area contributed by atoms with Crippen molar-refractivity contribution < 1.29 is 23.7 Å². The first-order valence-electron chi connectivity index (χ1n) is 9.36. The minimum absolute atomic E-state index is 0.0493. The number of fused-ring (bicyclic) bond motifs is 1. The van der Waals surface area contributed by atoms with Crippen LogP contribution in [0, 0.1) is 0 Å². The van der Waals surface area contributed by atoms with Crippen molar-refractivity contribution in [1.29, 1.82) is 0 Å². The van der Waals surface area contributed by atoms with E-state index >= 15 is 0 Å². The van der Waals surface area contributed by atoms with Crippen molar-refractivity contribution in [1.82, 2.24) is 9.97 Å². The molecule has 0 bridgehead atoms. The van der Waals surface area contributed by atoms with Crippen LogP contribution in [0.2, 0.25) is 0 Å². The number of benzene rings is 2. The second-order valence-corrected chi connectivity index (χ2v) is 7.01. The first kappa shape index (κ1) is 21.9. The molecule has 0 aliphatic heterocycles. The summed E-state index contributed by atoms with van der Waals surface area (Å²) in [7, 11) is 4.42. The van der Waals surface area contributed by atoms with Gasteiger partial charge >= 0.3 is 12.0 Å². The highest BCUT2D eigenvalue weighted by Crippen LogP contribution is 2.46. The Morgan fingerprint density at radius 1 is 1.13 bits per heavy atom. The first-order valence-corrected chi connectivity index (χ1v) is 9.36. The Balaban J connectivity index is 1.76. The largest absolute Gasteiger partial charge is 0.493 e. The van der Waals surface area contributed by atoms with Crippen LogP contribution in [0.25, 0.3) is 10.9 Å². The summed E-state index contributed by atoms with van der Waals surface area (Å²) < 4.78 is 21.3. The average molecular weight is 427 g/mol. The number of aromatic nitrogens is 2. The molecule has 0 aliphatic carbocycles. The number of anilines is 2. The Bertz CT molecular complexity index is 1100. The van der Waals surface area contributed by atoms with Gasteiger partial charge in [-0.25, -0.2) is 4.98 Å². The summed E-state index contributed by atoms with van der Waals surface area (Å²) in [5, 5.41) is 3.87. The van der Waals surface area contributed by atoms with Crippen LogP contribution in [-0.2, 0) is 4.79 Å². The highest BCUT2D eigenvalue weighted by molar-refractivity contribution is 5.82. The van der Waals surface area contributed by atoms with Gasteiger partial charge in [0.1, 0.15) is 5.69 Å². The summed E-state index contributed by atoms with van der Waals surface area (Å²) in [6, 6.07) is 8.94. The van der Waals surface area contributed by atoms with E-state index < -0.39 is 11.6 Å². The van der Waals surface area contributed by atoms with Crippen LogP contribution in [0.15, 0.2) is 36.5 Å². The molecule has 0 aliphatic rings. The maximum atomic E-state index is 12.5. The van der Waals surface area contributed by atoms with Gasteiger partial charge in [0, 0.05) is 17.6 Å². The lowest BCUT2D eigenvalue weighted by atomic mass is 10.1. The predicted octanol–water partition coefficient (Wildman–Crippen LogP) is 2.32. The molecule has 0 amide bonds. The van der Waals surface area contributed by atoms with Crippen molar-refractivity contribution in [2.24, 2.45) is 5.73 Å². The van der Waals surface area contributed by atoms with Gasteiger partial charge in [-0.2, -0.15) is 4.98 Å². The number of nitrogens with two attached hydrogens (primary N) is 2. The number of esters is 1. The van der Waals surface area contributed by atoms with E-state index in [-0.39, 0.29) is 23.9 Å². The molecular weight excluding hydrogens is 402 g/mol. The number of para-hydroxylation sites is 1. The van der Waals surface area contributed by atoms with E-state index in [1.54, 1.807) is 25.3 Å². The SMILES string of the molecule is COc1cc(NC(C)(N)CC(=O)Oc2ncc3ccccc3n2)c(N)c(OC)c1OC. The van der Waals surface area contributed by atoms with Crippen molar-refractivity contribution in [3.05, 3.63) is 36.5 Å². The normalized spacial score (nSPS) is 12.7. The summed E-state index contributed by atoms with van der Waals surface area (Å²) >= 11 is 0. The lowest BCUT2D eigenvalue weighted by Gasteiger charge is -2.28. The smallest absolute Gasteiger partial charge is 0.324 e. The molecule has 0 saturated heterocycles. The Morgan fingerprint density at radius 2 is 1.84 bits per heavy atom. The van der Waals surface area contributed by atoms with Gasteiger partial charge < -0.3 is 35.7 Å². The standard InChI is InChI=1S/C21H25N5O5/c1-21(23,26-14-9-15(28-2)18(29-3)19(30-4)17(14)22)10-16(27)31-20-24-11-12-7-5-6-8-13(12)25-20/h5-9,11,26H,10,22-23H2,1-4H3. The third kappa shape index (κ3) is 4.86. The summed E-state index contributed by atoms with van der Waals surface area (Å²) in [5.74, 6) is 0.407. The van der Waals surface area contributed by atoms with Crippen molar-refractivity contribution in [2.45, 2.75) is 19.0 Å². The van der Waals surface area contributed by atoms with Crippen LogP contribution in [0.4, 0.5) is 11.4 Å². The fraction of sp³-hybridized carbons (Fsp3) is 0.286. The van der Waals surface area contributed by atoms with Gasteiger partial charge in [0.25, 0.3) is 0 Å². The fourth-order valence-corrected chi connectivity index (χ4v) is 3.08. The van der Waals surface area contributed by atoms with Gasteiger partial charge in [-0.1, -0.05) is 18.2 Å². The van der Waals surface area contributed by atoms with Gasteiger partial charge in [0.05, 0.1) is 44.6 Å². The van der Waals surface area contributed by atoms with Crippen molar-refractivity contribution >= 4 is 28.2 Å². The van der Waals surface area contributed by atoms with Crippen LogP contribution in [0.5, 0.6) is 23.3 Å².